The Balaban J connectivity index is 2.19. The molecule has 0 spiro atoms. The number of nitrogens with zero attached hydrogens (tertiary/aromatic N) is 2. The molecule has 6 N–H and O–H groups in total. The van der Waals surface area contributed by atoms with Gasteiger partial charge in [0.05, 0.1) is 10.6 Å². The second-order valence-corrected chi connectivity index (χ2v) is 5.86. The maximum atomic E-state index is 13.7. The van der Waals surface area contributed by atoms with E-state index in [-0.39, 0.29) is 39.3 Å². The number of anilines is 3. The molecule has 3 rings (SSSR count). The van der Waals surface area contributed by atoms with E-state index in [0.717, 1.165) is 6.07 Å². The van der Waals surface area contributed by atoms with Crippen LogP contribution in [0.4, 0.5) is 30.8 Å². The van der Waals surface area contributed by atoms with Crippen LogP contribution < -0.4 is 16.8 Å². The van der Waals surface area contributed by atoms with Gasteiger partial charge >= 0.3 is 6.18 Å². The van der Waals surface area contributed by atoms with Crippen molar-refractivity contribution in [1.82, 2.24) is 15.2 Å². The first-order chi connectivity index (χ1) is 12.7. The van der Waals surface area contributed by atoms with Gasteiger partial charge in [0, 0.05) is 16.8 Å². The molecule has 1 amide bonds. The summed E-state index contributed by atoms with van der Waals surface area (Å²) >= 11 is 6.16. The number of hydrogen-bond acceptors (Lipinski definition) is 5. The minimum Gasteiger partial charge on any atom is -0.368 e. The largest absolute Gasteiger partial charge is 0.417 e. The first kappa shape index (κ1) is 18.5. The van der Waals surface area contributed by atoms with Crippen LogP contribution in [0.3, 0.4) is 0 Å². The second-order valence-electron chi connectivity index (χ2n) is 5.46. The summed E-state index contributed by atoms with van der Waals surface area (Å²) in [7, 11) is 0. The van der Waals surface area contributed by atoms with Gasteiger partial charge in [-0.1, -0.05) is 29.8 Å². The van der Waals surface area contributed by atoms with Crippen LogP contribution in [0.15, 0.2) is 36.4 Å². The molecule has 140 valence electrons. The predicted molar refractivity (Wildman–Crippen MR) is 94.5 cm³/mol. The Hall–Kier alpha value is -3.27. The number of carbonyl (C=O) groups excluding carboxylic acids is 1. The van der Waals surface area contributed by atoms with Crippen molar-refractivity contribution < 1.29 is 18.0 Å². The van der Waals surface area contributed by atoms with Gasteiger partial charge in [-0.2, -0.15) is 18.2 Å². The van der Waals surface area contributed by atoms with E-state index in [2.05, 4.69) is 20.5 Å². The van der Waals surface area contributed by atoms with E-state index in [1.165, 1.54) is 30.3 Å². The lowest BCUT2D eigenvalue weighted by Crippen LogP contribution is -2.14. The van der Waals surface area contributed by atoms with Crippen molar-refractivity contribution in [2.45, 2.75) is 6.18 Å². The van der Waals surface area contributed by atoms with Gasteiger partial charge in [0.25, 0.3) is 0 Å². The number of amides is 1. The normalized spacial score (nSPS) is 11.4. The molecule has 0 atom stereocenters. The lowest BCUT2D eigenvalue weighted by Gasteiger charge is -2.18. The van der Waals surface area contributed by atoms with Crippen LogP contribution in [0.1, 0.15) is 15.9 Å². The summed E-state index contributed by atoms with van der Waals surface area (Å²) in [6, 6.07) is 7.76. The Labute approximate surface area is 155 Å². The van der Waals surface area contributed by atoms with Crippen molar-refractivity contribution in [3.63, 3.8) is 0 Å². The molecule has 3 aromatic rings. The molecule has 0 saturated heterocycles. The minimum atomic E-state index is -4.75. The number of H-pyrrole nitrogens is 1. The van der Waals surface area contributed by atoms with Gasteiger partial charge in [0.1, 0.15) is 0 Å². The van der Waals surface area contributed by atoms with Crippen molar-refractivity contribution in [2.75, 3.05) is 11.1 Å². The highest BCUT2D eigenvalue weighted by Crippen LogP contribution is 2.44. The number of alkyl halides is 3. The highest BCUT2D eigenvalue weighted by molar-refractivity contribution is 6.34. The molecule has 2 aromatic carbocycles. The predicted octanol–water partition coefficient (Wildman–Crippen LogP) is 3.57. The fourth-order valence-electron chi connectivity index (χ4n) is 2.55. The Kier molecular flexibility index (Phi) is 4.66. The van der Waals surface area contributed by atoms with Crippen LogP contribution in [-0.4, -0.2) is 21.1 Å². The lowest BCUT2D eigenvalue weighted by atomic mass is 9.94. The van der Waals surface area contributed by atoms with E-state index in [1.807, 2.05) is 0 Å². The fourth-order valence-corrected chi connectivity index (χ4v) is 2.87. The lowest BCUT2D eigenvalue weighted by molar-refractivity contribution is -0.137. The molecule has 0 unspecified atom stereocenters. The maximum absolute atomic E-state index is 13.7. The molecule has 1 aromatic heterocycles. The van der Waals surface area contributed by atoms with Crippen molar-refractivity contribution in [3.05, 3.63) is 52.5 Å². The number of benzene rings is 2. The summed E-state index contributed by atoms with van der Waals surface area (Å²) in [5.74, 6) is -0.901. The van der Waals surface area contributed by atoms with Crippen LogP contribution in [0.5, 0.6) is 0 Å². The number of primary amides is 1. The Morgan fingerprint density at radius 3 is 2.52 bits per heavy atom. The van der Waals surface area contributed by atoms with E-state index in [9.17, 15) is 18.0 Å². The topological polar surface area (TPSA) is 123 Å². The van der Waals surface area contributed by atoms with Crippen LogP contribution in [-0.2, 0) is 6.18 Å². The number of hydrogen-bond donors (Lipinski definition) is 4. The third kappa shape index (κ3) is 3.80. The standard InChI is InChI=1S/C16H12ClF3N6O/c17-11-6-7(23-15-24-14(22)25-26-15)5-10(16(18,19)20)12(11)8-3-1-2-4-9(8)13(21)27/h1-6H,(H2,21,27)(H4,22,23,24,25,26). The van der Waals surface area contributed by atoms with E-state index in [4.69, 9.17) is 23.1 Å². The number of nitrogens with one attached hydrogen (secondary N) is 2. The molecule has 0 saturated carbocycles. The third-order valence-electron chi connectivity index (χ3n) is 3.62. The third-order valence-corrected chi connectivity index (χ3v) is 3.91. The van der Waals surface area contributed by atoms with Crippen LogP contribution >= 0.6 is 11.6 Å². The minimum absolute atomic E-state index is 0.00773. The first-order valence-corrected chi connectivity index (χ1v) is 7.79. The SMILES string of the molecule is NC(=O)c1ccccc1-c1c(Cl)cc(Nc2n[nH]c(N)n2)cc1C(F)(F)F. The van der Waals surface area contributed by atoms with Gasteiger partial charge in [0.15, 0.2) is 0 Å². The average molecular weight is 397 g/mol. The maximum Gasteiger partial charge on any atom is 0.417 e. The molecule has 0 aliphatic heterocycles. The second kappa shape index (κ2) is 6.80. The average Bonchev–Trinajstić information content (AvgIpc) is 2.98. The highest BCUT2D eigenvalue weighted by Gasteiger charge is 2.36. The molecule has 1 heterocycles. The molecular formula is C16H12ClF3N6O. The van der Waals surface area contributed by atoms with Gasteiger partial charge in [0.2, 0.25) is 17.8 Å². The number of carbonyl (C=O) groups is 1. The summed E-state index contributed by atoms with van der Waals surface area (Å²) in [5, 5.41) is 8.40. The van der Waals surface area contributed by atoms with E-state index < -0.39 is 17.6 Å². The Morgan fingerprint density at radius 1 is 1.22 bits per heavy atom. The number of halogens is 4. The monoisotopic (exact) mass is 396 g/mol. The van der Waals surface area contributed by atoms with Crippen molar-refractivity contribution in [2.24, 2.45) is 5.73 Å². The van der Waals surface area contributed by atoms with Crippen molar-refractivity contribution >= 4 is 35.1 Å². The number of rotatable bonds is 4. The van der Waals surface area contributed by atoms with Gasteiger partial charge in [-0.15, -0.1) is 5.10 Å². The number of nitrogen functional groups attached to an aromatic ring is 1. The molecule has 11 heteroatoms. The summed E-state index contributed by atoms with van der Waals surface area (Å²) < 4.78 is 41.1. The molecular weight excluding hydrogens is 385 g/mol. The quantitative estimate of drug-likeness (QED) is 0.537. The summed E-state index contributed by atoms with van der Waals surface area (Å²) in [6.07, 6.45) is -4.75. The molecule has 0 aliphatic rings. The van der Waals surface area contributed by atoms with Gasteiger partial charge in [-0.05, 0) is 23.8 Å². The molecule has 0 fully saturated rings. The van der Waals surface area contributed by atoms with Crippen molar-refractivity contribution in [1.29, 1.82) is 0 Å². The molecule has 7 nitrogen and oxygen atoms in total. The zero-order valence-corrected chi connectivity index (χ0v) is 14.2. The molecule has 0 aliphatic carbocycles. The molecule has 27 heavy (non-hydrogen) atoms. The van der Waals surface area contributed by atoms with Gasteiger partial charge in [-0.25, -0.2) is 5.10 Å². The van der Waals surface area contributed by atoms with Crippen LogP contribution in [0.2, 0.25) is 5.02 Å². The number of aromatic nitrogens is 3. The number of aromatic amines is 1. The van der Waals surface area contributed by atoms with Crippen LogP contribution in [0.25, 0.3) is 11.1 Å². The van der Waals surface area contributed by atoms with E-state index in [1.54, 1.807) is 0 Å². The van der Waals surface area contributed by atoms with Gasteiger partial charge in [-0.3, -0.25) is 4.79 Å². The van der Waals surface area contributed by atoms with E-state index in [0.29, 0.717) is 0 Å². The highest BCUT2D eigenvalue weighted by atomic mass is 35.5. The molecule has 0 radical (unpaired) electrons. The first-order valence-electron chi connectivity index (χ1n) is 7.41. The zero-order chi connectivity index (χ0) is 19.8. The van der Waals surface area contributed by atoms with Crippen LogP contribution in [0, 0.1) is 0 Å². The Bertz CT molecular complexity index is 1020. The zero-order valence-electron chi connectivity index (χ0n) is 13.4. The van der Waals surface area contributed by atoms with Gasteiger partial charge < -0.3 is 16.8 Å². The number of nitrogens with two attached hydrogens (primary N) is 2. The summed E-state index contributed by atoms with van der Waals surface area (Å²) in [5.41, 5.74) is 9.18. The summed E-state index contributed by atoms with van der Waals surface area (Å²) in [4.78, 5) is 15.4. The Morgan fingerprint density at radius 2 is 1.93 bits per heavy atom. The van der Waals surface area contributed by atoms with E-state index >= 15 is 0 Å². The smallest absolute Gasteiger partial charge is 0.368 e. The van der Waals surface area contributed by atoms with Crippen molar-refractivity contribution in [3.8, 4) is 11.1 Å². The fraction of sp³-hybridized carbons (Fsp3) is 0.0625. The summed E-state index contributed by atoms with van der Waals surface area (Å²) in [6.45, 7) is 0. The molecule has 0 bridgehead atoms.